The zero-order valence-electron chi connectivity index (χ0n) is 12.1. The molecule has 2 aromatic heterocycles. The van der Waals surface area contributed by atoms with Crippen LogP contribution in [0.5, 0.6) is 0 Å². The highest BCUT2D eigenvalue weighted by Crippen LogP contribution is 2.33. The third kappa shape index (κ3) is 3.02. The number of thiophene rings is 1. The summed E-state index contributed by atoms with van der Waals surface area (Å²) in [6.07, 6.45) is 0.521. The van der Waals surface area contributed by atoms with E-state index in [1.807, 2.05) is 0 Å². The van der Waals surface area contributed by atoms with Crippen LogP contribution in [0.3, 0.4) is 0 Å². The average Bonchev–Trinajstić information content (AvgIpc) is 2.59. The van der Waals surface area contributed by atoms with Gasteiger partial charge in [-0.1, -0.05) is 11.6 Å². The van der Waals surface area contributed by atoms with E-state index in [0.717, 1.165) is 34.7 Å². The van der Waals surface area contributed by atoms with Crippen molar-refractivity contribution in [3.63, 3.8) is 0 Å². The van der Waals surface area contributed by atoms with Gasteiger partial charge in [-0.15, -0.1) is 11.3 Å². The van der Waals surface area contributed by atoms with Gasteiger partial charge < -0.3 is 5.32 Å². The van der Waals surface area contributed by atoms with Crippen LogP contribution >= 0.6 is 22.9 Å². The second kappa shape index (κ2) is 5.87. The third-order valence-electron chi connectivity index (χ3n) is 3.80. The molecular weight excluding hydrogens is 308 g/mol. The molecule has 3 heterocycles. The standard InChI is InChI=1S/C14H17ClN4OS/c1-8-9(2)21-14-12(8)13(15)17-10(18-14)7-19-5-3-11(20)16-4-6-19/h3-7H2,1-2H3,(H,16,20). The monoisotopic (exact) mass is 324 g/mol. The van der Waals surface area contributed by atoms with Crippen LogP contribution in [0.4, 0.5) is 0 Å². The average molecular weight is 325 g/mol. The molecule has 0 saturated carbocycles. The Morgan fingerprint density at radius 1 is 1.33 bits per heavy atom. The Morgan fingerprint density at radius 2 is 2.14 bits per heavy atom. The summed E-state index contributed by atoms with van der Waals surface area (Å²) in [5.41, 5.74) is 1.16. The number of aryl methyl sites for hydroxylation is 2. The normalized spacial score (nSPS) is 17.0. The fourth-order valence-corrected chi connectivity index (χ4v) is 3.92. The van der Waals surface area contributed by atoms with E-state index in [1.54, 1.807) is 11.3 Å². The van der Waals surface area contributed by atoms with Crippen molar-refractivity contribution >= 4 is 39.1 Å². The van der Waals surface area contributed by atoms with Gasteiger partial charge in [0, 0.05) is 30.9 Å². The number of rotatable bonds is 2. The molecule has 0 radical (unpaired) electrons. The highest BCUT2D eigenvalue weighted by Gasteiger charge is 2.17. The Bertz CT molecular complexity index is 700. The Hall–Kier alpha value is -1.24. The van der Waals surface area contributed by atoms with Gasteiger partial charge in [0.2, 0.25) is 5.91 Å². The molecule has 0 aliphatic carbocycles. The molecule has 1 amide bonds. The minimum atomic E-state index is 0.108. The number of hydrogen-bond acceptors (Lipinski definition) is 5. The molecule has 112 valence electrons. The molecule has 2 aromatic rings. The van der Waals surface area contributed by atoms with Crippen LogP contribution in [0, 0.1) is 13.8 Å². The summed E-state index contributed by atoms with van der Waals surface area (Å²) < 4.78 is 0. The van der Waals surface area contributed by atoms with Gasteiger partial charge in [-0.3, -0.25) is 9.69 Å². The Morgan fingerprint density at radius 3 is 2.95 bits per heavy atom. The van der Waals surface area contributed by atoms with E-state index >= 15 is 0 Å². The largest absolute Gasteiger partial charge is 0.355 e. The zero-order valence-corrected chi connectivity index (χ0v) is 13.6. The molecule has 5 nitrogen and oxygen atoms in total. The number of nitrogens with zero attached hydrogens (tertiary/aromatic N) is 3. The van der Waals surface area contributed by atoms with Crippen molar-refractivity contribution in [2.75, 3.05) is 19.6 Å². The van der Waals surface area contributed by atoms with Gasteiger partial charge in [0.1, 0.15) is 15.8 Å². The number of nitrogens with one attached hydrogen (secondary N) is 1. The number of hydrogen-bond donors (Lipinski definition) is 1. The Balaban J connectivity index is 1.85. The second-order valence-corrected chi connectivity index (χ2v) is 6.83. The fraction of sp³-hybridized carbons (Fsp3) is 0.500. The summed E-state index contributed by atoms with van der Waals surface area (Å²) in [4.78, 5) is 24.8. The van der Waals surface area contributed by atoms with Crippen LogP contribution < -0.4 is 5.32 Å². The number of halogens is 1. The van der Waals surface area contributed by atoms with E-state index in [4.69, 9.17) is 11.6 Å². The van der Waals surface area contributed by atoms with Crippen molar-refractivity contribution < 1.29 is 4.79 Å². The van der Waals surface area contributed by atoms with Crippen molar-refractivity contribution in [2.45, 2.75) is 26.8 Å². The number of carbonyl (C=O) groups excluding carboxylic acids is 1. The number of carbonyl (C=O) groups is 1. The van der Waals surface area contributed by atoms with Crippen LogP contribution in [-0.2, 0) is 11.3 Å². The summed E-state index contributed by atoms with van der Waals surface area (Å²) >= 11 is 7.98. The van der Waals surface area contributed by atoms with E-state index in [1.165, 1.54) is 4.88 Å². The molecule has 0 bridgehead atoms. The molecule has 3 rings (SSSR count). The van der Waals surface area contributed by atoms with Gasteiger partial charge in [-0.2, -0.15) is 0 Å². The molecule has 21 heavy (non-hydrogen) atoms. The summed E-state index contributed by atoms with van der Waals surface area (Å²) in [6, 6.07) is 0. The predicted octanol–water partition coefficient (Wildman–Crippen LogP) is 2.28. The van der Waals surface area contributed by atoms with Crippen LogP contribution in [0.25, 0.3) is 10.2 Å². The van der Waals surface area contributed by atoms with Crippen molar-refractivity contribution in [1.29, 1.82) is 0 Å². The molecule has 0 spiro atoms. The molecule has 1 saturated heterocycles. The summed E-state index contributed by atoms with van der Waals surface area (Å²) in [5.74, 6) is 0.833. The van der Waals surface area contributed by atoms with Gasteiger partial charge in [0.25, 0.3) is 0 Å². The first-order valence-electron chi connectivity index (χ1n) is 6.96. The molecule has 1 N–H and O–H groups in total. The maximum Gasteiger partial charge on any atom is 0.221 e. The molecule has 1 fully saturated rings. The molecule has 0 unspecified atom stereocenters. The first-order valence-corrected chi connectivity index (χ1v) is 8.15. The minimum Gasteiger partial charge on any atom is -0.355 e. The lowest BCUT2D eigenvalue weighted by Gasteiger charge is -2.17. The molecule has 0 atom stereocenters. The quantitative estimate of drug-likeness (QED) is 0.861. The van der Waals surface area contributed by atoms with Crippen LogP contribution in [-0.4, -0.2) is 40.4 Å². The van der Waals surface area contributed by atoms with Crippen LogP contribution in [0.15, 0.2) is 0 Å². The van der Waals surface area contributed by atoms with Gasteiger partial charge >= 0.3 is 0 Å². The fourth-order valence-electron chi connectivity index (χ4n) is 2.48. The molecule has 0 aromatic carbocycles. The van der Waals surface area contributed by atoms with Gasteiger partial charge in [-0.25, -0.2) is 9.97 Å². The van der Waals surface area contributed by atoms with E-state index in [2.05, 4.69) is 34.0 Å². The lowest BCUT2D eigenvalue weighted by Crippen LogP contribution is -2.28. The van der Waals surface area contributed by atoms with Crippen LogP contribution in [0.1, 0.15) is 22.7 Å². The first kappa shape index (κ1) is 14.7. The van der Waals surface area contributed by atoms with Crippen LogP contribution in [0.2, 0.25) is 5.15 Å². The summed E-state index contributed by atoms with van der Waals surface area (Å²) in [6.45, 7) is 6.96. The Kier molecular flexibility index (Phi) is 4.10. The van der Waals surface area contributed by atoms with Gasteiger partial charge in [-0.05, 0) is 19.4 Å². The molecule has 1 aliphatic heterocycles. The highest BCUT2D eigenvalue weighted by atomic mass is 35.5. The van der Waals surface area contributed by atoms with Crippen molar-refractivity contribution in [3.05, 3.63) is 21.4 Å². The smallest absolute Gasteiger partial charge is 0.221 e. The minimum absolute atomic E-state index is 0.108. The molecule has 7 heteroatoms. The number of aromatic nitrogens is 2. The second-order valence-electron chi connectivity index (χ2n) is 5.27. The maximum atomic E-state index is 11.4. The zero-order chi connectivity index (χ0) is 15.0. The van der Waals surface area contributed by atoms with Gasteiger partial charge in [0.15, 0.2) is 0 Å². The number of amides is 1. The van der Waals surface area contributed by atoms with Gasteiger partial charge in [0.05, 0.1) is 11.9 Å². The predicted molar refractivity (Wildman–Crippen MR) is 84.8 cm³/mol. The lowest BCUT2D eigenvalue weighted by molar-refractivity contribution is -0.120. The SMILES string of the molecule is Cc1sc2nc(CN3CCNC(=O)CC3)nc(Cl)c2c1C. The van der Waals surface area contributed by atoms with E-state index in [9.17, 15) is 4.79 Å². The number of fused-ring (bicyclic) bond motifs is 1. The van der Waals surface area contributed by atoms with E-state index in [0.29, 0.717) is 24.7 Å². The van der Waals surface area contributed by atoms with Crippen molar-refractivity contribution in [3.8, 4) is 0 Å². The molecule has 1 aliphatic rings. The molecular formula is C14H17ClN4OS. The lowest BCUT2D eigenvalue weighted by atomic mass is 10.2. The summed E-state index contributed by atoms with van der Waals surface area (Å²) in [7, 11) is 0. The topological polar surface area (TPSA) is 58.1 Å². The van der Waals surface area contributed by atoms with E-state index < -0.39 is 0 Å². The highest BCUT2D eigenvalue weighted by molar-refractivity contribution is 7.18. The van der Waals surface area contributed by atoms with Crippen molar-refractivity contribution in [1.82, 2.24) is 20.2 Å². The maximum absolute atomic E-state index is 11.4. The van der Waals surface area contributed by atoms with E-state index in [-0.39, 0.29) is 5.91 Å². The third-order valence-corrected chi connectivity index (χ3v) is 5.18. The first-order chi connectivity index (χ1) is 10.0. The van der Waals surface area contributed by atoms with Crippen molar-refractivity contribution in [2.24, 2.45) is 0 Å². The summed E-state index contributed by atoms with van der Waals surface area (Å²) in [5, 5.41) is 4.36. The Labute approximate surface area is 132 Å².